The molecule has 3 aromatic carbocycles. The number of esters is 10. The number of carbonyl (C=O) groups is 10. The van der Waals surface area contributed by atoms with Crippen LogP contribution in [0, 0.1) is 44.4 Å². The van der Waals surface area contributed by atoms with E-state index in [1.54, 1.807) is 75.4 Å². The minimum Gasteiger partial charge on any atom is -0.465 e. The van der Waals surface area contributed by atoms with E-state index < -0.39 is 83.4 Å². The summed E-state index contributed by atoms with van der Waals surface area (Å²) in [6, 6.07) is 15.3. The van der Waals surface area contributed by atoms with Crippen LogP contribution in [0.1, 0.15) is 112 Å². The first-order valence-corrected chi connectivity index (χ1v) is 26.7. The Bertz CT molecular complexity index is 2710. The lowest BCUT2D eigenvalue weighted by atomic mass is 9.82. The lowest BCUT2D eigenvalue weighted by Gasteiger charge is -2.27. The highest BCUT2D eigenvalue weighted by molar-refractivity contribution is 5.87. The van der Waals surface area contributed by atoms with Crippen LogP contribution in [0.15, 0.2) is 79.4 Å². The zero-order valence-electron chi connectivity index (χ0n) is 45.8. The first-order valence-electron chi connectivity index (χ1n) is 26.7. The third-order valence-corrected chi connectivity index (χ3v) is 13.5. The van der Waals surface area contributed by atoms with Gasteiger partial charge in [0.1, 0.15) is 49.4 Å². The fourth-order valence-electron chi connectivity index (χ4n) is 8.67. The smallest absolute Gasteiger partial charge is 0.333 e. The lowest BCUT2D eigenvalue weighted by Crippen LogP contribution is -2.31. The average molecular weight is 1110 g/mol. The molecule has 0 radical (unpaired) electrons. The largest absolute Gasteiger partial charge is 0.465 e. The van der Waals surface area contributed by atoms with Gasteiger partial charge in [-0.1, -0.05) is 37.4 Å². The van der Waals surface area contributed by atoms with Crippen molar-refractivity contribution in [2.45, 2.75) is 118 Å². The SMILES string of the molecule is C=CC(=O)OCCOC(=O)CCC(=O)OCCc1ccc(OC(=O)C2CCC(C(=O)Oc3c(C)cc(OC(=O)C4CCC(C(=O)Oc5ccc(CCOC(=O)CCC(=O)OCCOC(=O)C(=C)C)cc5)CC4)c(C)c3C)CC2)cc1. The molecule has 0 aliphatic heterocycles. The summed E-state index contributed by atoms with van der Waals surface area (Å²) < 4.78 is 53.0. The second kappa shape index (κ2) is 32.0. The molecule has 80 heavy (non-hydrogen) atoms. The van der Waals surface area contributed by atoms with Crippen LogP contribution < -0.4 is 18.9 Å². The highest BCUT2D eigenvalue weighted by Gasteiger charge is 2.35. The normalized spacial score (nSPS) is 16.6. The highest BCUT2D eigenvalue weighted by atomic mass is 16.6. The number of ether oxygens (including phenoxy) is 10. The van der Waals surface area contributed by atoms with Crippen molar-refractivity contribution in [1.82, 2.24) is 0 Å². The molecule has 2 aliphatic rings. The number of benzene rings is 3. The molecule has 0 bridgehead atoms. The fraction of sp³-hybridized carbons (Fsp3) is 0.467. The summed E-state index contributed by atoms with van der Waals surface area (Å²) in [6.07, 6.45) is 4.54. The van der Waals surface area contributed by atoms with Gasteiger partial charge in [0.25, 0.3) is 0 Å². The van der Waals surface area contributed by atoms with Crippen LogP contribution in [0.2, 0.25) is 0 Å². The Labute approximate surface area is 464 Å². The Kier molecular flexibility index (Phi) is 25.1. The van der Waals surface area contributed by atoms with Gasteiger partial charge in [-0.05, 0) is 137 Å². The predicted octanol–water partition coefficient (Wildman–Crippen LogP) is 7.91. The molecule has 0 saturated heterocycles. The van der Waals surface area contributed by atoms with E-state index >= 15 is 0 Å². The summed E-state index contributed by atoms with van der Waals surface area (Å²) in [5.74, 6) is -5.42. The van der Waals surface area contributed by atoms with E-state index in [1.807, 2.05) is 0 Å². The molecule has 0 heterocycles. The van der Waals surface area contributed by atoms with Crippen molar-refractivity contribution in [1.29, 1.82) is 0 Å². The van der Waals surface area contributed by atoms with E-state index in [1.165, 1.54) is 6.92 Å². The minimum atomic E-state index is -0.634. The van der Waals surface area contributed by atoms with E-state index in [4.69, 9.17) is 47.4 Å². The van der Waals surface area contributed by atoms with Crippen molar-refractivity contribution in [3.05, 3.63) is 107 Å². The number of hydrogen-bond acceptors (Lipinski definition) is 20. The number of rotatable bonds is 28. The summed E-state index contributed by atoms with van der Waals surface area (Å²) in [6.45, 7) is 13.2. The Morgan fingerprint density at radius 2 is 0.812 bits per heavy atom. The summed E-state index contributed by atoms with van der Waals surface area (Å²) in [5.41, 5.74) is 3.80. The van der Waals surface area contributed by atoms with E-state index in [0.29, 0.717) is 104 Å². The van der Waals surface area contributed by atoms with E-state index in [9.17, 15) is 47.9 Å². The van der Waals surface area contributed by atoms with Crippen LogP contribution in [-0.4, -0.2) is 99.3 Å². The van der Waals surface area contributed by atoms with Gasteiger partial charge in [-0.15, -0.1) is 0 Å². The van der Waals surface area contributed by atoms with Crippen LogP contribution in [0.4, 0.5) is 0 Å². The first-order chi connectivity index (χ1) is 38.3. The lowest BCUT2D eigenvalue weighted by molar-refractivity contribution is -0.153. The molecule has 2 saturated carbocycles. The van der Waals surface area contributed by atoms with Crippen molar-refractivity contribution in [3.8, 4) is 23.0 Å². The topological polar surface area (TPSA) is 263 Å². The van der Waals surface area contributed by atoms with Crippen molar-refractivity contribution in [2.24, 2.45) is 23.7 Å². The van der Waals surface area contributed by atoms with Gasteiger partial charge in [0, 0.05) is 24.5 Å². The molecule has 0 spiro atoms. The minimum absolute atomic E-state index is 0.0756. The molecule has 0 unspecified atom stereocenters. The zero-order chi connectivity index (χ0) is 58.1. The Morgan fingerprint density at radius 3 is 1.20 bits per heavy atom. The van der Waals surface area contributed by atoms with E-state index in [2.05, 4.69) is 13.2 Å². The molecular weight excluding hydrogens is 1040 g/mol. The molecule has 20 heteroatoms. The van der Waals surface area contributed by atoms with Gasteiger partial charge < -0.3 is 47.4 Å². The maximum Gasteiger partial charge on any atom is 0.333 e. The quantitative estimate of drug-likeness (QED) is 0.0220. The van der Waals surface area contributed by atoms with Crippen molar-refractivity contribution in [2.75, 3.05) is 39.6 Å². The maximum atomic E-state index is 13.5. The number of hydrogen-bond donors (Lipinski definition) is 0. The predicted molar refractivity (Wildman–Crippen MR) is 284 cm³/mol. The highest BCUT2D eigenvalue weighted by Crippen LogP contribution is 2.38. The van der Waals surface area contributed by atoms with E-state index in [-0.39, 0.29) is 70.9 Å². The van der Waals surface area contributed by atoms with Gasteiger partial charge in [-0.2, -0.15) is 0 Å². The van der Waals surface area contributed by atoms with Gasteiger partial charge in [-0.25, -0.2) is 9.59 Å². The van der Waals surface area contributed by atoms with Gasteiger partial charge in [-0.3, -0.25) is 38.4 Å². The van der Waals surface area contributed by atoms with Crippen LogP contribution in [0.5, 0.6) is 23.0 Å². The zero-order valence-corrected chi connectivity index (χ0v) is 45.8. The third-order valence-electron chi connectivity index (χ3n) is 13.5. The summed E-state index contributed by atoms with van der Waals surface area (Å²) in [5, 5.41) is 0. The molecule has 0 N–H and O–H groups in total. The van der Waals surface area contributed by atoms with Crippen molar-refractivity contribution in [3.63, 3.8) is 0 Å². The Morgan fingerprint density at radius 1 is 0.463 bits per heavy atom. The Balaban J connectivity index is 0.950. The summed E-state index contributed by atoms with van der Waals surface area (Å²) >= 11 is 0. The standard InChI is InChI=1S/C60H70O20/c1-7-50(61)73-32-33-74-53(64)26-24-51(62)71-30-28-42-10-22-48(23-11-42)78-58(68)44-14-18-46(19-15-44)60(70)80-55-38(4)36-49(39(5)40(55)6)79-59(69)45-16-12-43(13-17-45)57(67)77-47-20-8-41(9-21-47)29-31-72-52(63)25-27-54(65)75-34-35-76-56(66)37(2)3/h7-11,20-23,36,43-46H,1-2,12-19,24-35H2,3-6H3. The fourth-order valence-corrected chi connectivity index (χ4v) is 8.67. The van der Waals surface area contributed by atoms with Crippen LogP contribution in [-0.2, 0) is 89.2 Å². The second-order valence-corrected chi connectivity index (χ2v) is 19.5. The Hall–Kier alpha value is -8.16. The van der Waals surface area contributed by atoms with Crippen LogP contribution in [0.3, 0.4) is 0 Å². The van der Waals surface area contributed by atoms with Crippen molar-refractivity contribution >= 4 is 59.7 Å². The van der Waals surface area contributed by atoms with Gasteiger partial charge in [0.15, 0.2) is 0 Å². The van der Waals surface area contributed by atoms with Crippen molar-refractivity contribution < 1.29 is 95.3 Å². The monoisotopic (exact) mass is 1110 g/mol. The van der Waals surface area contributed by atoms with Gasteiger partial charge >= 0.3 is 59.7 Å². The molecule has 0 amide bonds. The van der Waals surface area contributed by atoms with Crippen LogP contribution in [0.25, 0.3) is 0 Å². The summed E-state index contributed by atoms with van der Waals surface area (Å²) in [4.78, 5) is 123. The molecule has 0 aromatic heterocycles. The number of carbonyl (C=O) groups excluding carboxylic acids is 10. The number of aryl methyl sites for hydroxylation is 1. The van der Waals surface area contributed by atoms with Gasteiger partial charge in [0.2, 0.25) is 0 Å². The van der Waals surface area contributed by atoms with Gasteiger partial charge in [0.05, 0.1) is 62.6 Å². The molecular formula is C60H70O20. The second-order valence-electron chi connectivity index (χ2n) is 19.5. The molecule has 0 atom stereocenters. The molecule has 2 aliphatic carbocycles. The van der Waals surface area contributed by atoms with Crippen LogP contribution >= 0.6 is 0 Å². The summed E-state index contributed by atoms with van der Waals surface area (Å²) in [7, 11) is 0. The molecule has 20 nitrogen and oxygen atoms in total. The molecule has 3 aromatic rings. The first kappa shape index (κ1) is 62.7. The molecule has 5 rings (SSSR count). The average Bonchev–Trinajstić information content (AvgIpc) is 3.46. The molecule has 2 fully saturated rings. The third kappa shape index (κ3) is 20.9. The van der Waals surface area contributed by atoms with E-state index in [0.717, 1.165) is 17.2 Å². The maximum absolute atomic E-state index is 13.5. The molecule has 430 valence electrons.